The summed E-state index contributed by atoms with van der Waals surface area (Å²) in [5.41, 5.74) is 3.24. The fourth-order valence-electron chi connectivity index (χ4n) is 2.78. The van der Waals surface area contributed by atoms with E-state index in [0.717, 1.165) is 23.1 Å². The second-order valence-electron chi connectivity index (χ2n) is 6.83. The maximum Gasteiger partial charge on any atom is 0.262 e. The molecule has 1 N–H and O–H groups in total. The van der Waals surface area contributed by atoms with Crippen LogP contribution in [0.15, 0.2) is 23.4 Å². The van der Waals surface area contributed by atoms with Gasteiger partial charge in [-0.1, -0.05) is 25.6 Å². The molecule has 0 spiro atoms. The number of hydrogen-bond acceptors (Lipinski definition) is 5. The highest BCUT2D eigenvalue weighted by molar-refractivity contribution is 7.99. The number of aryl methyl sites for hydroxylation is 1. The van der Waals surface area contributed by atoms with Gasteiger partial charge in [0.15, 0.2) is 17.5 Å². The van der Waals surface area contributed by atoms with Gasteiger partial charge in [0.1, 0.15) is 5.75 Å². The number of carbonyl (C=O) groups excluding carboxylic acids is 2. The van der Waals surface area contributed by atoms with Gasteiger partial charge in [-0.15, -0.1) is 0 Å². The van der Waals surface area contributed by atoms with Gasteiger partial charge in [0, 0.05) is 17.8 Å². The van der Waals surface area contributed by atoms with Crippen LogP contribution in [0.1, 0.15) is 35.6 Å². The second-order valence-corrected chi connectivity index (χ2v) is 7.77. The van der Waals surface area contributed by atoms with Gasteiger partial charge >= 0.3 is 0 Å². The van der Waals surface area contributed by atoms with Crippen molar-refractivity contribution in [3.05, 3.63) is 35.2 Å². The first kappa shape index (κ1) is 18.5. The Morgan fingerprint density at radius 2 is 2.15 bits per heavy atom. The normalized spacial score (nSPS) is 13.3. The predicted molar refractivity (Wildman–Crippen MR) is 102 cm³/mol. The molecule has 0 atom stereocenters. The lowest BCUT2D eigenvalue weighted by Crippen LogP contribution is -2.25. The molecule has 1 amide bonds. The van der Waals surface area contributed by atoms with Crippen LogP contribution in [0.5, 0.6) is 5.75 Å². The van der Waals surface area contributed by atoms with Crippen molar-refractivity contribution in [2.75, 3.05) is 17.7 Å². The molecule has 0 unspecified atom stereocenters. The molecule has 7 heteroatoms. The first-order chi connectivity index (χ1) is 12.3. The topological polar surface area (TPSA) is 73.2 Å². The van der Waals surface area contributed by atoms with E-state index >= 15 is 0 Å². The number of benzene rings is 1. The number of ether oxygens (including phenoxy) is 1. The number of imidazole rings is 1. The SMILES string of the molecule is Cc1nc(SCC(=O)c2ccc3c(c2)NC(=O)CO3)n(CC(C)C)c1C. The van der Waals surface area contributed by atoms with Crippen LogP contribution >= 0.6 is 11.8 Å². The summed E-state index contributed by atoms with van der Waals surface area (Å²) in [7, 11) is 0. The van der Waals surface area contributed by atoms with E-state index in [1.165, 1.54) is 11.8 Å². The number of hydrogen-bond donors (Lipinski definition) is 1. The molecule has 0 bridgehead atoms. The first-order valence-electron chi connectivity index (χ1n) is 8.61. The average Bonchev–Trinajstić information content (AvgIpc) is 2.86. The lowest BCUT2D eigenvalue weighted by Gasteiger charge is -2.18. The molecule has 3 rings (SSSR count). The Hall–Kier alpha value is -2.28. The van der Waals surface area contributed by atoms with Crippen molar-refractivity contribution in [3.8, 4) is 5.75 Å². The van der Waals surface area contributed by atoms with Gasteiger partial charge in [0.25, 0.3) is 5.91 Å². The zero-order valence-electron chi connectivity index (χ0n) is 15.5. The Labute approximate surface area is 157 Å². The van der Waals surface area contributed by atoms with Gasteiger partial charge in [-0.3, -0.25) is 9.59 Å². The highest BCUT2D eigenvalue weighted by atomic mass is 32.2. The van der Waals surface area contributed by atoms with E-state index in [2.05, 4.69) is 35.6 Å². The number of nitrogens with one attached hydrogen (secondary N) is 1. The molecular weight excluding hydrogens is 350 g/mol. The molecule has 138 valence electrons. The molecule has 0 saturated heterocycles. The number of ketones is 1. The molecule has 1 aromatic carbocycles. The number of rotatable bonds is 6. The van der Waals surface area contributed by atoms with Crippen molar-refractivity contribution < 1.29 is 14.3 Å². The van der Waals surface area contributed by atoms with Gasteiger partial charge in [-0.25, -0.2) is 4.98 Å². The molecular formula is C19H23N3O3S. The Morgan fingerprint density at radius 1 is 1.38 bits per heavy atom. The van der Waals surface area contributed by atoms with Gasteiger partial charge < -0.3 is 14.6 Å². The first-order valence-corrected chi connectivity index (χ1v) is 9.60. The number of Topliss-reactive ketones (excluding diaryl/α,β-unsaturated/α-hetero) is 1. The average molecular weight is 373 g/mol. The summed E-state index contributed by atoms with van der Waals surface area (Å²) >= 11 is 1.45. The van der Waals surface area contributed by atoms with Crippen molar-refractivity contribution in [1.29, 1.82) is 0 Å². The smallest absolute Gasteiger partial charge is 0.262 e. The fraction of sp³-hybridized carbons (Fsp3) is 0.421. The summed E-state index contributed by atoms with van der Waals surface area (Å²) in [5, 5.41) is 3.60. The van der Waals surface area contributed by atoms with Gasteiger partial charge in [-0.2, -0.15) is 0 Å². The van der Waals surface area contributed by atoms with Gasteiger partial charge in [0.05, 0.1) is 17.1 Å². The van der Waals surface area contributed by atoms with Crippen molar-refractivity contribution in [2.45, 2.75) is 39.4 Å². The summed E-state index contributed by atoms with van der Waals surface area (Å²) in [5.74, 6) is 1.17. The number of thioether (sulfide) groups is 1. The van der Waals surface area contributed by atoms with Crippen LogP contribution in [-0.4, -0.2) is 33.6 Å². The zero-order chi connectivity index (χ0) is 18.8. The molecule has 1 aliphatic heterocycles. The van der Waals surface area contributed by atoms with E-state index in [-0.39, 0.29) is 18.3 Å². The van der Waals surface area contributed by atoms with E-state index in [0.29, 0.717) is 28.7 Å². The minimum absolute atomic E-state index is 0.00730. The minimum Gasteiger partial charge on any atom is -0.482 e. The maximum absolute atomic E-state index is 12.6. The molecule has 1 aromatic heterocycles. The molecule has 0 fully saturated rings. The zero-order valence-corrected chi connectivity index (χ0v) is 16.3. The van der Waals surface area contributed by atoms with Crippen molar-refractivity contribution >= 4 is 29.1 Å². The summed E-state index contributed by atoms with van der Waals surface area (Å²) in [6.45, 7) is 9.27. The van der Waals surface area contributed by atoms with E-state index in [9.17, 15) is 9.59 Å². The van der Waals surface area contributed by atoms with Crippen LogP contribution in [0, 0.1) is 19.8 Å². The highest BCUT2D eigenvalue weighted by Crippen LogP contribution is 2.29. The maximum atomic E-state index is 12.6. The van der Waals surface area contributed by atoms with Crippen molar-refractivity contribution in [3.63, 3.8) is 0 Å². The number of amides is 1. The highest BCUT2D eigenvalue weighted by Gasteiger charge is 2.19. The third-order valence-corrected chi connectivity index (χ3v) is 5.21. The monoisotopic (exact) mass is 373 g/mol. The Morgan fingerprint density at radius 3 is 2.88 bits per heavy atom. The van der Waals surface area contributed by atoms with Gasteiger partial charge in [0.2, 0.25) is 0 Å². The third-order valence-electron chi connectivity index (χ3n) is 4.24. The van der Waals surface area contributed by atoms with Crippen LogP contribution in [0.4, 0.5) is 5.69 Å². The summed E-state index contributed by atoms with van der Waals surface area (Å²) in [4.78, 5) is 28.6. The number of carbonyl (C=O) groups is 2. The van der Waals surface area contributed by atoms with E-state index in [1.54, 1.807) is 18.2 Å². The third kappa shape index (κ3) is 3.93. The Balaban J connectivity index is 1.73. The summed E-state index contributed by atoms with van der Waals surface area (Å²) in [6.07, 6.45) is 0. The molecule has 0 radical (unpaired) electrons. The summed E-state index contributed by atoms with van der Waals surface area (Å²) < 4.78 is 7.51. The van der Waals surface area contributed by atoms with E-state index < -0.39 is 0 Å². The quantitative estimate of drug-likeness (QED) is 0.620. The Kier molecular flexibility index (Phi) is 5.36. The predicted octanol–water partition coefficient (Wildman–Crippen LogP) is 3.46. The number of fused-ring (bicyclic) bond motifs is 1. The fourth-order valence-corrected chi connectivity index (χ4v) is 3.78. The van der Waals surface area contributed by atoms with E-state index in [1.807, 2.05) is 6.92 Å². The van der Waals surface area contributed by atoms with Crippen LogP contribution in [0.2, 0.25) is 0 Å². The molecule has 6 nitrogen and oxygen atoms in total. The van der Waals surface area contributed by atoms with E-state index in [4.69, 9.17) is 4.74 Å². The summed E-state index contributed by atoms with van der Waals surface area (Å²) in [6, 6.07) is 5.13. The largest absolute Gasteiger partial charge is 0.482 e. The van der Waals surface area contributed by atoms with Crippen LogP contribution in [0.3, 0.4) is 0 Å². The molecule has 0 saturated carbocycles. The van der Waals surface area contributed by atoms with Crippen molar-refractivity contribution in [1.82, 2.24) is 9.55 Å². The number of anilines is 1. The number of aromatic nitrogens is 2. The van der Waals surface area contributed by atoms with Crippen LogP contribution in [0.25, 0.3) is 0 Å². The van der Waals surface area contributed by atoms with Crippen LogP contribution in [-0.2, 0) is 11.3 Å². The lowest BCUT2D eigenvalue weighted by molar-refractivity contribution is -0.118. The number of nitrogens with zero attached hydrogens (tertiary/aromatic N) is 2. The van der Waals surface area contributed by atoms with Gasteiger partial charge in [-0.05, 0) is 38.0 Å². The van der Waals surface area contributed by atoms with Crippen molar-refractivity contribution in [2.24, 2.45) is 5.92 Å². The molecule has 2 heterocycles. The molecule has 1 aliphatic rings. The Bertz CT molecular complexity index is 858. The standard InChI is InChI=1S/C19H23N3O3S/c1-11(2)8-22-13(4)12(3)20-19(22)26-10-16(23)14-5-6-17-15(7-14)21-18(24)9-25-17/h5-7,11H,8-10H2,1-4H3,(H,21,24). The second kappa shape index (κ2) is 7.53. The minimum atomic E-state index is -0.210. The van der Waals surface area contributed by atoms with Crippen LogP contribution < -0.4 is 10.1 Å². The molecule has 2 aromatic rings. The molecule has 0 aliphatic carbocycles. The lowest BCUT2D eigenvalue weighted by atomic mass is 10.1. The molecule has 26 heavy (non-hydrogen) atoms.